The molecular weight excluding hydrogens is 365 g/mol. The van der Waals surface area contributed by atoms with Crippen molar-refractivity contribution in [2.24, 2.45) is 11.0 Å². The van der Waals surface area contributed by atoms with E-state index in [9.17, 15) is 14.0 Å². The molecule has 148 valence electrons. The Morgan fingerprint density at radius 3 is 2.61 bits per heavy atom. The molecule has 2 amide bonds. The lowest BCUT2D eigenvalue weighted by Crippen LogP contribution is -2.34. The average molecular weight is 387 g/mol. The van der Waals surface area contributed by atoms with Crippen molar-refractivity contribution in [2.75, 3.05) is 19.0 Å². The van der Waals surface area contributed by atoms with E-state index in [1.165, 1.54) is 38.4 Å². The van der Waals surface area contributed by atoms with Gasteiger partial charge in [-0.05, 0) is 49.7 Å². The molecule has 0 aliphatic rings. The third kappa shape index (κ3) is 5.54. The first-order chi connectivity index (χ1) is 13.5. The summed E-state index contributed by atoms with van der Waals surface area (Å²) in [5, 5.41) is 6.22. The van der Waals surface area contributed by atoms with Gasteiger partial charge in [-0.3, -0.25) is 9.59 Å². The van der Waals surface area contributed by atoms with Gasteiger partial charge in [0.25, 0.3) is 5.91 Å². The van der Waals surface area contributed by atoms with E-state index in [2.05, 4.69) is 15.8 Å². The number of nitrogens with zero attached hydrogens (tertiary/aromatic N) is 1. The number of hydrogen-bond donors (Lipinski definition) is 2. The number of para-hydroxylation sites is 1. The zero-order chi connectivity index (χ0) is 20.5. The second kappa shape index (κ2) is 10.1. The molecule has 1 atom stereocenters. The van der Waals surface area contributed by atoms with Gasteiger partial charge in [0.2, 0.25) is 5.91 Å². The van der Waals surface area contributed by atoms with Crippen LogP contribution in [0.5, 0.6) is 11.5 Å². The van der Waals surface area contributed by atoms with E-state index in [1.54, 1.807) is 24.3 Å². The third-order valence-corrected chi connectivity index (χ3v) is 3.79. The van der Waals surface area contributed by atoms with Gasteiger partial charge in [-0.15, -0.1) is 0 Å². The molecule has 0 heterocycles. The highest BCUT2D eigenvalue weighted by Crippen LogP contribution is 2.27. The molecule has 0 bridgehead atoms. The minimum atomic E-state index is -1.06. The predicted octanol–water partition coefficient (Wildman–Crippen LogP) is 2.96. The molecule has 0 aliphatic carbocycles. The zero-order valence-corrected chi connectivity index (χ0v) is 15.9. The number of nitrogens with one attached hydrogen (secondary N) is 2. The Hall–Kier alpha value is -3.42. The van der Waals surface area contributed by atoms with E-state index in [0.717, 1.165) is 0 Å². The molecule has 1 unspecified atom stereocenters. The third-order valence-electron chi connectivity index (χ3n) is 3.79. The predicted molar refractivity (Wildman–Crippen MR) is 104 cm³/mol. The summed E-state index contributed by atoms with van der Waals surface area (Å²) in [4.78, 5) is 24.2. The van der Waals surface area contributed by atoms with Gasteiger partial charge in [0.15, 0.2) is 11.5 Å². The Kier molecular flexibility index (Phi) is 7.50. The number of methoxy groups -OCH3 is 1. The number of hydrazone groups is 1. The van der Waals surface area contributed by atoms with Gasteiger partial charge >= 0.3 is 0 Å². The van der Waals surface area contributed by atoms with Crippen LogP contribution in [0.25, 0.3) is 0 Å². The molecule has 0 aromatic heterocycles. The van der Waals surface area contributed by atoms with Crippen LogP contribution in [-0.4, -0.2) is 31.7 Å². The molecule has 2 N–H and O–H groups in total. The summed E-state index contributed by atoms with van der Waals surface area (Å²) in [6, 6.07) is 10.9. The maximum absolute atomic E-state index is 13.6. The normalized spacial score (nSPS) is 11.7. The molecular formula is C20H22FN3O4. The highest BCUT2D eigenvalue weighted by atomic mass is 19.1. The summed E-state index contributed by atoms with van der Waals surface area (Å²) in [6.45, 7) is 3.78. The molecule has 7 nitrogen and oxygen atoms in total. The molecule has 2 aromatic carbocycles. The summed E-state index contributed by atoms with van der Waals surface area (Å²) >= 11 is 0. The number of anilines is 1. The van der Waals surface area contributed by atoms with Gasteiger partial charge in [0.1, 0.15) is 11.7 Å². The Morgan fingerprint density at radius 1 is 1.18 bits per heavy atom. The maximum atomic E-state index is 13.6. The maximum Gasteiger partial charge on any atom is 0.252 e. The van der Waals surface area contributed by atoms with Gasteiger partial charge in [0.05, 0.1) is 25.6 Å². The van der Waals surface area contributed by atoms with Crippen LogP contribution in [-0.2, 0) is 9.59 Å². The summed E-state index contributed by atoms with van der Waals surface area (Å²) in [5.74, 6) is -1.76. The zero-order valence-electron chi connectivity index (χ0n) is 15.9. The van der Waals surface area contributed by atoms with Crippen LogP contribution in [0, 0.1) is 11.7 Å². The number of hydrogen-bond acceptors (Lipinski definition) is 5. The van der Waals surface area contributed by atoms with E-state index in [4.69, 9.17) is 9.47 Å². The Labute approximate surface area is 162 Å². The molecule has 0 spiro atoms. The van der Waals surface area contributed by atoms with Crippen LogP contribution in [0.15, 0.2) is 47.6 Å². The van der Waals surface area contributed by atoms with Gasteiger partial charge in [0, 0.05) is 0 Å². The second-order valence-electron chi connectivity index (χ2n) is 5.77. The summed E-state index contributed by atoms with van der Waals surface area (Å²) in [5.41, 5.74) is 2.97. The van der Waals surface area contributed by atoms with Crippen LogP contribution in [0.1, 0.15) is 19.4 Å². The SMILES string of the molecule is CCOc1ccc(C=NNC(=O)C(C)C(=O)Nc2ccccc2F)cc1OC. The summed E-state index contributed by atoms with van der Waals surface area (Å²) in [6.07, 6.45) is 1.41. The van der Waals surface area contributed by atoms with Crippen molar-refractivity contribution < 1.29 is 23.5 Å². The number of ether oxygens (including phenoxy) is 2. The number of halogens is 1. The fourth-order valence-electron chi connectivity index (χ4n) is 2.23. The summed E-state index contributed by atoms with van der Waals surface area (Å²) in [7, 11) is 1.52. The first-order valence-electron chi connectivity index (χ1n) is 8.65. The lowest BCUT2D eigenvalue weighted by Gasteiger charge is -2.11. The van der Waals surface area contributed by atoms with E-state index in [0.29, 0.717) is 23.7 Å². The van der Waals surface area contributed by atoms with Crippen LogP contribution in [0.3, 0.4) is 0 Å². The summed E-state index contributed by atoms with van der Waals surface area (Å²) < 4.78 is 24.3. The van der Waals surface area contributed by atoms with E-state index in [1.807, 2.05) is 6.92 Å². The van der Waals surface area contributed by atoms with Crippen LogP contribution in [0.4, 0.5) is 10.1 Å². The van der Waals surface area contributed by atoms with Crippen molar-refractivity contribution in [3.8, 4) is 11.5 Å². The van der Waals surface area contributed by atoms with Crippen LogP contribution >= 0.6 is 0 Å². The highest BCUT2D eigenvalue weighted by molar-refractivity contribution is 6.06. The fourth-order valence-corrected chi connectivity index (χ4v) is 2.23. The number of carbonyl (C=O) groups is 2. The molecule has 8 heteroatoms. The molecule has 28 heavy (non-hydrogen) atoms. The largest absolute Gasteiger partial charge is 0.493 e. The fraction of sp³-hybridized carbons (Fsp3) is 0.250. The van der Waals surface area contributed by atoms with Crippen LogP contribution in [0.2, 0.25) is 0 Å². The van der Waals surface area contributed by atoms with Crippen molar-refractivity contribution in [3.63, 3.8) is 0 Å². The minimum absolute atomic E-state index is 0.0112. The first-order valence-corrected chi connectivity index (χ1v) is 8.65. The van der Waals surface area contributed by atoms with Crippen molar-refractivity contribution >= 4 is 23.7 Å². The van der Waals surface area contributed by atoms with E-state index >= 15 is 0 Å². The molecule has 0 saturated carbocycles. The topological polar surface area (TPSA) is 89.0 Å². The first kappa shape index (κ1) is 20.9. The molecule has 2 rings (SSSR count). The quantitative estimate of drug-likeness (QED) is 0.414. The molecule has 0 fully saturated rings. The highest BCUT2D eigenvalue weighted by Gasteiger charge is 2.22. The molecule has 2 aromatic rings. The second-order valence-corrected chi connectivity index (χ2v) is 5.77. The van der Waals surface area contributed by atoms with Crippen molar-refractivity contribution in [3.05, 3.63) is 53.8 Å². The van der Waals surface area contributed by atoms with Crippen molar-refractivity contribution in [1.82, 2.24) is 5.43 Å². The van der Waals surface area contributed by atoms with E-state index in [-0.39, 0.29) is 5.69 Å². The van der Waals surface area contributed by atoms with Gasteiger partial charge < -0.3 is 14.8 Å². The Morgan fingerprint density at radius 2 is 1.93 bits per heavy atom. The molecule has 0 radical (unpaired) electrons. The standard InChI is InChI=1S/C20H22FN3O4/c1-4-28-17-10-9-14(11-18(17)27-3)12-22-24-20(26)13(2)19(25)23-16-8-6-5-7-15(16)21/h5-13H,4H2,1-3H3,(H,23,25)(H,24,26). The van der Waals surface area contributed by atoms with Crippen molar-refractivity contribution in [1.29, 1.82) is 0 Å². The van der Waals surface area contributed by atoms with Crippen LogP contribution < -0.4 is 20.2 Å². The number of carbonyl (C=O) groups excluding carboxylic acids is 2. The molecule has 0 saturated heterocycles. The Balaban J connectivity index is 1.95. The Bertz CT molecular complexity index is 870. The lowest BCUT2D eigenvalue weighted by atomic mass is 10.1. The minimum Gasteiger partial charge on any atom is -0.493 e. The number of rotatable bonds is 8. The van der Waals surface area contributed by atoms with Gasteiger partial charge in [-0.1, -0.05) is 12.1 Å². The average Bonchev–Trinajstić information content (AvgIpc) is 2.70. The number of benzene rings is 2. The molecule has 0 aliphatic heterocycles. The van der Waals surface area contributed by atoms with Gasteiger partial charge in [-0.25, -0.2) is 9.82 Å². The van der Waals surface area contributed by atoms with E-state index < -0.39 is 23.5 Å². The van der Waals surface area contributed by atoms with Crippen molar-refractivity contribution in [2.45, 2.75) is 13.8 Å². The lowest BCUT2D eigenvalue weighted by molar-refractivity contribution is -0.131. The van der Waals surface area contributed by atoms with Gasteiger partial charge in [-0.2, -0.15) is 5.10 Å². The smallest absolute Gasteiger partial charge is 0.252 e. The number of amides is 2. The monoisotopic (exact) mass is 387 g/mol.